The van der Waals surface area contributed by atoms with Gasteiger partial charge in [0, 0.05) is 4.47 Å². The number of hydrogen-bond acceptors (Lipinski definition) is 4. The van der Waals surface area contributed by atoms with Crippen LogP contribution >= 0.6 is 27.5 Å². The van der Waals surface area contributed by atoms with Crippen molar-refractivity contribution in [2.45, 2.75) is 6.61 Å². The summed E-state index contributed by atoms with van der Waals surface area (Å²) in [6, 6.07) is 18.3. The Balaban J connectivity index is 1.82. The molecule has 0 saturated carbocycles. The van der Waals surface area contributed by atoms with E-state index in [9.17, 15) is 14.4 Å². The zero-order valence-corrected chi connectivity index (χ0v) is 19.2. The molecule has 32 heavy (non-hydrogen) atoms. The first kappa shape index (κ1) is 23.3. The van der Waals surface area contributed by atoms with Gasteiger partial charge in [-0.1, -0.05) is 51.8 Å². The van der Waals surface area contributed by atoms with E-state index < -0.39 is 11.7 Å². The molecule has 3 rings (SSSR count). The Morgan fingerprint density at radius 2 is 1.94 bits per heavy atom. The average Bonchev–Trinajstić information content (AvgIpc) is 2.79. The molecular weight excluding hydrogens is 499 g/mol. The van der Waals surface area contributed by atoms with Gasteiger partial charge in [-0.05, 0) is 53.6 Å². The highest BCUT2D eigenvalue weighted by atomic mass is 79.9. The fourth-order valence-corrected chi connectivity index (χ4v) is 3.30. The molecule has 1 N–H and O–H groups in total. The Morgan fingerprint density at radius 1 is 1.22 bits per heavy atom. The van der Waals surface area contributed by atoms with E-state index in [4.69, 9.17) is 21.1 Å². The topological polar surface area (TPSA) is 71.3 Å². The number of amides is 1. The fraction of sp³-hybridized carbons (Fsp3) is 0.0833. The first-order chi connectivity index (χ1) is 15.4. The van der Waals surface area contributed by atoms with Crippen LogP contribution in [0, 0.1) is 17.1 Å². The van der Waals surface area contributed by atoms with Gasteiger partial charge in [-0.3, -0.25) is 4.79 Å². The maximum Gasteiger partial charge on any atom is 0.266 e. The van der Waals surface area contributed by atoms with Crippen LogP contribution in [0.25, 0.3) is 6.08 Å². The number of nitrogens with zero attached hydrogens (tertiary/aromatic N) is 1. The standard InChI is InChI=1S/C24H17BrClFN2O3/c1-31-22-12-16(10-17(13-28)24(30)29-21-5-3-2-4-20(21)27)11-19(26)23(22)32-14-15-6-8-18(25)9-7-15/h2-12H,14H2,1H3,(H,29,30)/b17-10-. The number of ether oxygens (including phenoxy) is 2. The third-order valence-corrected chi connectivity index (χ3v) is 5.16. The lowest BCUT2D eigenvalue weighted by atomic mass is 10.1. The van der Waals surface area contributed by atoms with Crippen molar-refractivity contribution in [2.75, 3.05) is 12.4 Å². The van der Waals surface area contributed by atoms with Crippen molar-refractivity contribution in [3.8, 4) is 17.6 Å². The summed E-state index contributed by atoms with van der Waals surface area (Å²) in [4.78, 5) is 12.4. The van der Waals surface area contributed by atoms with Gasteiger partial charge in [0.05, 0.1) is 17.8 Å². The number of anilines is 1. The molecule has 0 saturated heterocycles. The second kappa shape index (κ2) is 10.8. The van der Waals surface area contributed by atoms with Gasteiger partial charge < -0.3 is 14.8 Å². The minimum atomic E-state index is -0.747. The summed E-state index contributed by atoms with van der Waals surface area (Å²) in [5.74, 6) is -0.672. The van der Waals surface area contributed by atoms with Gasteiger partial charge in [-0.2, -0.15) is 5.26 Å². The average molecular weight is 516 g/mol. The van der Waals surface area contributed by atoms with Gasteiger partial charge in [0.25, 0.3) is 5.91 Å². The molecule has 0 aliphatic rings. The SMILES string of the molecule is COc1cc(/C=C(/C#N)C(=O)Nc2ccccc2F)cc(Cl)c1OCc1ccc(Br)cc1. The first-order valence-corrected chi connectivity index (χ1v) is 10.5. The number of nitriles is 1. The highest BCUT2D eigenvalue weighted by molar-refractivity contribution is 9.10. The molecule has 5 nitrogen and oxygen atoms in total. The highest BCUT2D eigenvalue weighted by Gasteiger charge is 2.15. The Labute approximate surface area is 198 Å². The minimum absolute atomic E-state index is 0.0223. The smallest absolute Gasteiger partial charge is 0.266 e. The summed E-state index contributed by atoms with van der Waals surface area (Å²) < 4.78 is 26.0. The quantitative estimate of drug-likeness (QED) is 0.293. The number of para-hydroxylation sites is 1. The number of methoxy groups -OCH3 is 1. The van der Waals surface area contributed by atoms with E-state index in [-0.39, 0.29) is 22.9 Å². The molecular formula is C24H17BrClFN2O3. The van der Waals surface area contributed by atoms with E-state index in [1.807, 2.05) is 30.3 Å². The van der Waals surface area contributed by atoms with Crippen molar-refractivity contribution in [3.05, 3.63) is 92.7 Å². The zero-order valence-electron chi connectivity index (χ0n) is 16.9. The van der Waals surface area contributed by atoms with Crippen molar-refractivity contribution in [1.29, 1.82) is 5.26 Å². The number of hydrogen-bond donors (Lipinski definition) is 1. The molecule has 0 fully saturated rings. The lowest BCUT2D eigenvalue weighted by molar-refractivity contribution is -0.112. The molecule has 0 aromatic heterocycles. The van der Waals surface area contributed by atoms with E-state index in [0.29, 0.717) is 17.1 Å². The number of rotatable bonds is 7. The first-order valence-electron chi connectivity index (χ1n) is 9.33. The van der Waals surface area contributed by atoms with Gasteiger partial charge in [-0.15, -0.1) is 0 Å². The third kappa shape index (κ3) is 5.88. The summed E-state index contributed by atoms with van der Waals surface area (Å²) in [7, 11) is 1.46. The van der Waals surface area contributed by atoms with Gasteiger partial charge in [0.1, 0.15) is 24.1 Å². The lowest BCUT2D eigenvalue weighted by Crippen LogP contribution is -2.14. The van der Waals surface area contributed by atoms with Crippen LogP contribution in [0.1, 0.15) is 11.1 Å². The van der Waals surface area contributed by atoms with Crippen LogP contribution in [0.15, 0.2) is 70.7 Å². The van der Waals surface area contributed by atoms with Crippen LogP contribution in [0.4, 0.5) is 10.1 Å². The lowest BCUT2D eigenvalue weighted by Gasteiger charge is -2.14. The van der Waals surface area contributed by atoms with Crippen molar-refractivity contribution in [2.24, 2.45) is 0 Å². The second-order valence-electron chi connectivity index (χ2n) is 6.55. The van der Waals surface area contributed by atoms with Gasteiger partial charge in [0.15, 0.2) is 11.5 Å². The Kier molecular flexibility index (Phi) is 7.87. The molecule has 162 valence electrons. The Bertz CT molecular complexity index is 1210. The molecule has 3 aromatic rings. The molecule has 3 aromatic carbocycles. The molecule has 0 atom stereocenters. The highest BCUT2D eigenvalue weighted by Crippen LogP contribution is 2.37. The molecule has 0 aliphatic heterocycles. The summed E-state index contributed by atoms with van der Waals surface area (Å²) in [5.41, 5.74) is 1.14. The van der Waals surface area contributed by atoms with Crippen molar-refractivity contribution >= 4 is 45.2 Å². The van der Waals surface area contributed by atoms with E-state index in [1.165, 1.54) is 31.4 Å². The summed E-state index contributed by atoms with van der Waals surface area (Å²) in [6.07, 6.45) is 1.34. The van der Waals surface area contributed by atoms with Gasteiger partial charge in [0.2, 0.25) is 0 Å². The maximum absolute atomic E-state index is 13.8. The summed E-state index contributed by atoms with van der Waals surface area (Å²) in [6.45, 7) is 0.271. The van der Waals surface area contributed by atoms with Crippen LogP contribution < -0.4 is 14.8 Å². The molecule has 0 unspecified atom stereocenters. The number of halogens is 3. The normalized spacial score (nSPS) is 10.9. The van der Waals surface area contributed by atoms with Crippen molar-refractivity contribution in [1.82, 2.24) is 0 Å². The molecule has 0 radical (unpaired) electrons. The van der Waals surface area contributed by atoms with Crippen LogP contribution in [0.2, 0.25) is 5.02 Å². The molecule has 1 amide bonds. The largest absolute Gasteiger partial charge is 0.493 e. The van der Waals surface area contributed by atoms with Crippen LogP contribution in [0.3, 0.4) is 0 Å². The predicted octanol–water partition coefficient (Wildman–Crippen LogP) is 6.37. The molecule has 8 heteroatoms. The Morgan fingerprint density at radius 3 is 2.59 bits per heavy atom. The monoisotopic (exact) mass is 514 g/mol. The number of carbonyl (C=O) groups is 1. The van der Waals surface area contributed by atoms with Gasteiger partial charge in [-0.25, -0.2) is 4.39 Å². The molecule has 0 spiro atoms. The van der Waals surface area contributed by atoms with E-state index in [2.05, 4.69) is 21.2 Å². The van der Waals surface area contributed by atoms with E-state index in [0.717, 1.165) is 10.0 Å². The minimum Gasteiger partial charge on any atom is -0.493 e. The van der Waals surface area contributed by atoms with Crippen LogP contribution in [-0.4, -0.2) is 13.0 Å². The van der Waals surface area contributed by atoms with Crippen molar-refractivity contribution in [3.63, 3.8) is 0 Å². The van der Waals surface area contributed by atoms with E-state index in [1.54, 1.807) is 18.2 Å². The predicted molar refractivity (Wildman–Crippen MR) is 125 cm³/mol. The maximum atomic E-state index is 13.8. The zero-order chi connectivity index (χ0) is 23.1. The second-order valence-corrected chi connectivity index (χ2v) is 7.88. The fourth-order valence-electron chi connectivity index (χ4n) is 2.77. The van der Waals surface area contributed by atoms with Crippen LogP contribution in [-0.2, 0) is 11.4 Å². The van der Waals surface area contributed by atoms with Crippen LogP contribution in [0.5, 0.6) is 11.5 Å². The summed E-state index contributed by atoms with van der Waals surface area (Å²) >= 11 is 9.77. The summed E-state index contributed by atoms with van der Waals surface area (Å²) in [5, 5.41) is 12.1. The molecule has 0 heterocycles. The van der Waals surface area contributed by atoms with Crippen molar-refractivity contribution < 1.29 is 18.7 Å². The van der Waals surface area contributed by atoms with E-state index >= 15 is 0 Å². The Hall–Kier alpha value is -3.34. The van der Waals surface area contributed by atoms with Gasteiger partial charge >= 0.3 is 0 Å². The molecule has 0 aliphatic carbocycles. The molecule has 0 bridgehead atoms. The number of carbonyl (C=O) groups excluding carboxylic acids is 1. The number of nitrogens with one attached hydrogen (secondary N) is 1. The number of benzene rings is 3. The third-order valence-electron chi connectivity index (χ3n) is 4.35.